The monoisotopic (exact) mass is 326 g/mol. The molecule has 3 aromatic rings. The minimum absolute atomic E-state index is 0.00122. The molecule has 0 aliphatic rings. The molecule has 23 heavy (non-hydrogen) atoms. The van der Waals surface area contributed by atoms with Gasteiger partial charge in [-0.05, 0) is 24.6 Å². The molecule has 0 aliphatic carbocycles. The average molecular weight is 327 g/mol. The fraction of sp³-hybridized carbons (Fsp3) is 0.150. The van der Waals surface area contributed by atoms with Crippen LogP contribution in [0.5, 0.6) is 0 Å². The number of benzene rings is 2. The molecular formula is C20H16ClNO. The van der Waals surface area contributed by atoms with E-state index in [9.17, 15) is 4.79 Å². The Bertz CT molecular complexity index is 1110. The van der Waals surface area contributed by atoms with Gasteiger partial charge in [-0.1, -0.05) is 59.8 Å². The van der Waals surface area contributed by atoms with Gasteiger partial charge >= 0.3 is 0 Å². The molecule has 1 aromatic heterocycles. The molecule has 1 heterocycles. The molecule has 3 rings (SSSR count). The Labute approximate surface area is 147 Å². The minimum atomic E-state index is -0.430. The molecule has 0 bridgehead atoms. The van der Waals surface area contributed by atoms with Gasteiger partial charge < -0.3 is 4.57 Å². The molecule has 0 fully saturated rings. The Hall–Kier alpha value is -2.50. The lowest BCUT2D eigenvalue weighted by molar-refractivity contribution is 0.112. The third-order valence-corrected chi connectivity index (χ3v) is 3.87. The first kappa shape index (κ1) is 10.3. The lowest BCUT2D eigenvalue weighted by Gasteiger charge is -2.05. The van der Waals surface area contributed by atoms with Crippen molar-refractivity contribution >= 4 is 28.8 Å². The second kappa shape index (κ2) is 7.17. The molecule has 3 heteroatoms. The summed E-state index contributed by atoms with van der Waals surface area (Å²) in [5.41, 5.74) is 1.33. The van der Waals surface area contributed by atoms with E-state index >= 15 is 0 Å². The molecule has 0 saturated heterocycles. The van der Waals surface area contributed by atoms with Crippen molar-refractivity contribution < 1.29 is 11.6 Å². The summed E-state index contributed by atoms with van der Waals surface area (Å²) >= 11 is 6.34. The van der Waals surface area contributed by atoms with Crippen LogP contribution in [0.15, 0.2) is 54.5 Å². The van der Waals surface area contributed by atoms with Crippen molar-refractivity contribution in [3.05, 3.63) is 70.8 Å². The van der Waals surface area contributed by atoms with E-state index in [0.717, 1.165) is 17.2 Å². The van der Waals surface area contributed by atoms with Crippen molar-refractivity contribution in [1.29, 1.82) is 0 Å². The summed E-state index contributed by atoms with van der Waals surface area (Å²) in [6.07, 6.45) is 1.82. The molecule has 0 spiro atoms. The first-order valence-electron chi connectivity index (χ1n) is 9.66. The normalized spacial score (nSPS) is 13.3. The van der Waals surface area contributed by atoms with Crippen LogP contribution in [0.25, 0.3) is 10.9 Å². The smallest absolute Gasteiger partial charge is 0.153 e. The summed E-state index contributed by atoms with van der Waals surface area (Å²) < 4.78 is 40.5. The predicted octanol–water partition coefficient (Wildman–Crippen LogP) is 4.94. The molecule has 2 aromatic carbocycles. The van der Waals surface area contributed by atoms with Gasteiger partial charge in [0.15, 0.2) is 6.29 Å². The number of aldehydes is 1. The third-order valence-electron chi connectivity index (χ3n) is 3.46. The number of carbonyl (C=O) groups is 1. The number of unbranched alkanes of at least 4 members (excludes halogenated alkanes) is 1. The maximum Gasteiger partial charge on any atom is 0.153 e. The van der Waals surface area contributed by atoms with Crippen molar-refractivity contribution in [2.75, 3.05) is 0 Å². The zero-order valence-corrected chi connectivity index (χ0v) is 13.0. The number of hydrogen-bond donors (Lipinski definition) is 0. The van der Waals surface area contributed by atoms with Gasteiger partial charge in [0.1, 0.15) is 5.15 Å². The van der Waals surface area contributed by atoms with Crippen LogP contribution in [0.1, 0.15) is 35.6 Å². The second-order valence-corrected chi connectivity index (χ2v) is 5.25. The van der Waals surface area contributed by atoms with Crippen LogP contribution in [0, 0.1) is 11.8 Å². The van der Waals surface area contributed by atoms with Gasteiger partial charge in [0.25, 0.3) is 0 Å². The summed E-state index contributed by atoms with van der Waals surface area (Å²) in [5.74, 6) is 5.57. The Morgan fingerprint density at radius 3 is 2.78 bits per heavy atom. The highest BCUT2D eigenvalue weighted by Gasteiger charge is 2.13. The van der Waals surface area contributed by atoms with Crippen LogP contribution in [-0.2, 0) is 6.54 Å². The lowest BCUT2D eigenvalue weighted by atomic mass is 10.2. The van der Waals surface area contributed by atoms with E-state index in [2.05, 4.69) is 11.8 Å². The van der Waals surface area contributed by atoms with Crippen molar-refractivity contribution in [1.82, 2.24) is 4.57 Å². The number of aromatic nitrogens is 1. The first-order chi connectivity index (χ1) is 13.4. The number of rotatable bonds is 4. The Morgan fingerprint density at radius 2 is 2.00 bits per heavy atom. The summed E-state index contributed by atoms with van der Waals surface area (Å²) in [4.78, 5) is 11.3. The molecule has 0 aliphatic heterocycles. The molecule has 0 amide bonds. The summed E-state index contributed by atoms with van der Waals surface area (Å²) in [6.45, 7) is 0.544. The summed E-state index contributed by atoms with van der Waals surface area (Å²) in [5, 5.41) is 1.18. The first-order valence-corrected chi connectivity index (χ1v) is 7.54. The number of fused-ring (bicyclic) bond motifs is 1. The number of hydrogen-bond acceptors (Lipinski definition) is 1. The van der Waals surface area contributed by atoms with E-state index in [1.54, 1.807) is 0 Å². The topological polar surface area (TPSA) is 22.0 Å². The van der Waals surface area contributed by atoms with Crippen LogP contribution in [-0.4, -0.2) is 10.9 Å². The van der Waals surface area contributed by atoms with E-state index in [1.807, 2.05) is 28.8 Å². The molecule has 2 nitrogen and oxygen atoms in total. The van der Waals surface area contributed by atoms with Crippen molar-refractivity contribution in [2.45, 2.75) is 19.4 Å². The van der Waals surface area contributed by atoms with Gasteiger partial charge in [-0.25, -0.2) is 0 Å². The largest absolute Gasteiger partial charge is 0.331 e. The van der Waals surface area contributed by atoms with E-state index in [-0.39, 0.29) is 17.6 Å². The highest BCUT2D eigenvalue weighted by atomic mass is 35.5. The molecule has 0 saturated carbocycles. The van der Waals surface area contributed by atoms with Gasteiger partial charge in [-0.15, -0.1) is 0 Å². The van der Waals surface area contributed by atoms with Gasteiger partial charge in [-0.2, -0.15) is 0 Å². The molecule has 114 valence electrons. The SMILES string of the molecule is [2H]c1c([2H])c([2H])c(C#CCCCn2c(Cl)c(C=O)c3ccccc32)c([2H])c1[2H]. The Morgan fingerprint density at radius 1 is 1.22 bits per heavy atom. The van der Waals surface area contributed by atoms with Crippen LogP contribution in [0.3, 0.4) is 0 Å². The van der Waals surface area contributed by atoms with E-state index in [4.69, 9.17) is 18.5 Å². The van der Waals surface area contributed by atoms with Crippen molar-refractivity contribution in [3.8, 4) is 11.8 Å². The highest BCUT2D eigenvalue weighted by Crippen LogP contribution is 2.29. The van der Waals surface area contributed by atoms with E-state index < -0.39 is 18.1 Å². The fourth-order valence-corrected chi connectivity index (χ4v) is 2.74. The number of para-hydroxylation sites is 1. The fourth-order valence-electron chi connectivity index (χ4n) is 2.42. The molecule has 0 unspecified atom stereocenters. The summed E-state index contributed by atoms with van der Waals surface area (Å²) in [7, 11) is 0. The molecule has 0 N–H and O–H groups in total. The second-order valence-electron chi connectivity index (χ2n) is 4.90. The zero-order valence-electron chi connectivity index (χ0n) is 17.2. The molecule has 0 radical (unpaired) electrons. The highest BCUT2D eigenvalue weighted by molar-refractivity contribution is 6.34. The maximum absolute atomic E-state index is 11.3. The zero-order chi connectivity index (χ0) is 20.4. The van der Waals surface area contributed by atoms with Crippen molar-refractivity contribution in [2.24, 2.45) is 0 Å². The Balaban J connectivity index is 1.78. The standard InChI is InChI=1S/C20H16ClNO/c21-20-18(15-23)17-12-6-7-13-19(17)22(20)14-8-2-5-11-16-9-3-1-4-10-16/h1,3-4,6-7,9-10,12-13,15H,2,8,14H2/i1D,3D,4D,9D,10D. The van der Waals surface area contributed by atoms with E-state index in [1.165, 1.54) is 0 Å². The maximum atomic E-state index is 11.3. The van der Waals surface area contributed by atoms with Gasteiger partial charge in [0.2, 0.25) is 0 Å². The molecular weight excluding hydrogens is 306 g/mol. The van der Waals surface area contributed by atoms with E-state index in [0.29, 0.717) is 30.1 Å². The summed E-state index contributed by atoms with van der Waals surface area (Å²) in [6, 6.07) is 5.66. The number of nitrogens with zero attached hydrogens (tertiary/aromatic N) is 1. The predicted molar refractivity (Wildman–Crippen MR) is 94.9 cm³/mol. The van der Waals surface area contributed by atoms with Gasteiger partial charge in [-0.3, -0.25) is 4.79 Å². The minimum Gasteiger partial charge on any atom is -0.331 e. The number of halogens is 1. The molecule has 0 atom stereocenters. The van der Waals surface area contributed by atoms with Crippen LogP contribution in [0.4, 0.5) is 0 Å². The van der Waals surface area contributed by atoms with Gasteiger partial charge in [0.05, 0.1) is 12.4 Å². The number of aryl methyl sites for hydroxylation is 1. The Kier molecular flexibility index (Phi) is 3.22. The van der Waals surface area contributed by atoms with Gasteiger partial charge in [0, 0.05) is 29.4 Å². The van der Waals surface area contributed by atoms with Crippen LogP contribution >= 0.6 is 11.6 Å². The van der Waals surface area contributed by atoms with Crippen molar-refractivity contribution in [3.63, 3.8) is 0 Å². The quantitative estimate of drug-likeness (QED) is 0.378. The third kappa shape index (κ3) is 3.31. The van der Waals surface area contributed by atoms with Crippen LogP contribution < -0.4 is 0 Å². The lowest BCUT2D eigenvalue weighted by Crippen LogP contribution is -1.97. The van der Waals surface area contributed by atoms with Crippen LogP contribution in [0.2, 0.25) is 5.15 Å². The average Bonchev–Trinajstić information content (AvgIpc) is 2.97. The number of carbonyl (C=O) groups excluding carboxylic acids is 1.